The zero-order valence-corrected chi connectivity index (χ0v) is 7.97. The van der Waals surface area contributed by atoms with Gasteiger partial charge in [-0.2, -0.15) is 0 Å². The van der Waals surface area contributed by atoms with Gasteiger partial charge in [0.1, 0.15) is 0 Å². The van der Waals surface area contributed by atoms with Crippen LogP contribution in [0.25, 0.3) is 0 Å². The molecule has 0 bridgehead atoms. The van der Waals surface area contributed by atoms with Crippen molar-refractivity contribution >= 4 is 0 Å². The minimum absolute atomic E-state index is 0.619. The highest BCUT2D eigenvalue weighted by atomic mass is 16.5. The van der Waals surface area contributed by atoms with Gasteiger partial charge in [0.15, 0.2) is 0 Å². The van der Waals surface area contributed by atoms with E-state index >= 15 is 0 Å². The van der Waals surface area contributed by atoms with E-state index < -0.39 is 0 Å². The van der Waals surface area contributed by atoms with E-state index in [0.29, 0.717) is 33.0 Å². The van der Waals surface area contributed by atoms with Crippen LogP contribution >= 0.6 is 0 Å². The Balaban J connectivity index is 2.86. The Hall–Kier alpha value is -0.380. The summed E-state index contributed by atoms with van der Waals surface area (Å²) in [5.74, 6) is 0. The summed E-state index contributed by atoms with van der Waals surface area (Å²) in [6.45, 7) is 8.79. The van der Waals surface area contributed by atoms with Crippen LogP contribution in [-0.2, 0) is 14.2 Å². The molecule has 0 aliphatic heterocycles. The van der Waals surface area contributed by atoms with Gasteiger partial charge >= 0.3 is 0 Å². The zero-order chi connectivity index (χ0) is 9.23. The van der Waals surface area contributed by atoms with Crippen LogP contribution in [0, 0.1) is 0 Å². The fraction of sp³-hybridized carbons (Fsp3) is 0.778. The molecule has 0 aromatic heterocycles. The van der Waals surface area contributed by atoms with Crippen molar-refractivity contribution < 1.29 is 14.2 Å². The van der Waals surface area contributed by atoms with Gasteiger partial charge in [0.2, 0.25) is 0 Å². The summed E-state index contributed by atoms with van der Waals surface area (Å²) in [6.07, 6.45) is 0. The molecule has 0 N–H and O–H groups in total. The molecule has 0 aliphatic carbocycles. The second kappa shape index (κ2) is 8.71. The van der Waals surface area contributed by atoms with E-state index in [2.05, 4.69) is 6.58 Å². The van der Waals surface area contributed by atoms with Crippen LogP contribution in [0.4, 0.5) is 0 Å². The highest BCUT2D eigenvalue weighted by Crippen LogP contribution is 1.87. The molecule has 12 heavy (non-hydrogen) atoms. The standard InChI is InChI=1S/C9H18O3/c1-9(2)8-12-7-6-11-5-4-10-3/h1,4-8H2,2-3H3. The third-order valence-corrected chi connectivity index (χ3v) is 1.15. The molecule has 0 saturated carbocycles. The normalized spacial score (nSPS) is 10.2. The van der Waals surface area contributed by atoms with Crippen molar-refractivity contribution in [3.8, 4) is 0 Å². The smallest absolute Gasteiger partial charge is 0.0704 e. The minimum atomic E-state index is 0.619. The van der Waals surface area contributed by atoms with Gasteiger partial charge in [0, 0.05) is 7.11 Å². The number of hydrogen-bond donors (Lipinski definition) is 0. The van der Waals surface area contributed by atoms with Crippen LogP contribution < -0.4 is 0 Å². The molecular weight excluding hydrogens is 156 g/mol. The molecular formula is C9H18O3. The first-order valence-corrected chi connectivity index (χ1v) is 4.06. The van der Waals surface area contributed by atoms with Gasteiger partial charge in [-0.1, -0.05) is 12.2 Å². The minimum Gasteiger partial charge on any atom is -0.382 e. The fourth-order valence-corrected chi connectivity index (χ4v) is 0.609. The maximum absolute atomic E-state index is 5.21. The molecule has 3 nitrogen and oxygen atoms in total. The van der Waals surface area contributed by atoms with Crippen molar-refractivity contribution in [1.29, 1.82) is 0 Å². The summed E-state index contributed by atoms with van der Waals surface area (Å²) in [5.41, 5.74) is 1.03. The SMILES string of the molecule is C=C(C)COCCOCCOC. The van der Waals surface area contributed by atoms with Crippen molar-refractivity contribution in [2.75, 3.05) is 40.1 Å². The average molecular weight is 174 g/mol. The van der Waals surface area contributed by atoms with Crippen molar-refractivity contribution in [2.45, 2.75) is 6.92 Å². The molecule has 0 rings (SSSR count). The summed E-state index contributed by atoms with van der Waals surface area (Å²) >= 11 is 0. The van der Waals surface area contributed by atoms with Gasteiger partial charge < -0.3 is 14.2 Å². The summed E-state index contributed by atoms with van der Waals surface area (Å²) < 4.78 is 15.2. The number of ether oxygens (including phenoxy) is 3. The Morgan fingerprint density at radius 3 is 2.25 bits per heavy atom. The molecule has 0 radical (unpaired) electrons. The number of hydrogen-bond acceptors (Lipinski definition) is 3. The molecule has 72 valence electrons. The van der Waals surface area contributed by atoms with E-state index in [9.17, 15) is 0 Å². The van der Waals surface area contributed by atoms with Gasteiger partial charge in [-0.05, 0) is 6.92 Å². The van der Waals surface area contributed by atoms with E-state index in [0.717, 1.165) is 5.57 Å². The van der Waals surface area contributed by atoms with E-state index in [1.54, 1.807) is 7.11 Å². The lowest BCUT2D eigenvalue weighted by molar-refractivity contribution is 0.0301. The van der Waals surface area contributed by atoms with Gasteiger partial charge in [0.25, 0.3) is 0 Å². The number of methoxy groups -OCH3 is 1. The van der Waals surface area contributed by atoms with Gasteiger partial charge in [-0.25, -0.2) is 0 Å². The Morgan fingerprint density at radius 1 is 1.08 bits per heavy atom. The van der Waals surface area contributed by atoms with Crippen LogP contribution in [0.5, 0.6) is 0 Å². The molecule has 0 unspecified atom stereocenters. The van der Waals surface area contributed by atoms with Crippen LogP contribution in [0.2, 0.25) is 0 Å². The second-order valence-electron chi connectivity index (χ2n) is 2.61. The lowest BCUT2D eigenvalue weighted by atomic mass is 10.4. The van der Waals surface area contributed by atoms with Gasteiger partial charge in [-0.15, -0.1) is 0 Å². The van der Waals surface area contributed by atoms with E-state index in [1.807, 2.05) is 6.92 Å². The average Bonchev–Trinajstić information content (AvgIpc) is 2.02. The van der Waals surface area contributed by atoms with E-state index in [1.165, 1.54) is 0 Å². The Bertz CT molecular complexity index is 112. The topological polar surface area (TPSA) is 27.7 Å². The molecule has 0 saturated heterocycles. The lowest BCUT2D eigenvalue weighted by Gasteiger charge is -2.04. The van der Waals surface area contributed by atoms with Crippen molar-refractivity contribution in [2.24, 2.45) is 0 Å². The van der Waals surface area contributed by atoms with Gasteiger partial charge in [0.05, 0.1) is 33.0 Å². The van der Waals surface area contributed by atoms with Crippen molar-refractivity contribution in [3.63, 3.8) is 0 Å². The number of rotatable bonds is 8. The summed E-state index contributed by atoms with van der Waals surface area (Å²) in [6, 6.07) is 0. The predicted molar refractivity (Wildman–Crippen MR) is 48.3 cm³/mol. The first kappa shape index (κ1) is 11.6. The second-order valence-corrected chi connectivity index (χ2v) is 2.61. The largest absolute Gasteiger partial charge is 0.382 e. The quantitative estimate of drug-likeness (QED) is 0.409. The van der Waals surface area contributed by atoms with E-state index in [4.69, 9.17) is 14.2 Å². The third-order valence-electron chi connectivity index (χ3n) is 1.15. The summed E-state index contributed by atoms with van der Waals surface area (Å²) in [5, 5.41) is 0. The molecule has 0 amide bonds. The fourth-order valence-electron chi connectivity index (χ4n) is 0.609. The van der Waals surface area contributed by atoms with E-state index in [-0.39, 0.29) is 0 Å². The predicted octanol–water partition coefficient (Wildman–Crippen LogP) is 1.24. The molecule has 0 aliphatic rings. The van der Waals surface area contributed by atoms with Crippen molar-refractivity contribution in [1.82, 2.24) is 0 Å². The molecule has 0 atom stereocenters. The molecule has 0 aromatic rings. The molecule has 0 fully saturated rings. The van der Waals surface area contributed by atoms with Crippen LogP contribution in [0.3, 0.4) is 0 Å². The third kappa shape index (κ3) is 9.62. The molecule has 0 spiro atoms. The van der Waals surface area contributed by atoms with Crippen LogP contribution in [-0.4, -0.2) is 40.1 Å². The van der Waals surface area contributed by atoms with Crippen LogP contribution in [0.1, 0.15) is 6.92 Å². The Morgan fingerprint density at radius 2 is 1.67 bits per heavy atom. The molecule has 3 heteroatoms. The highest BCUT2D eigenvalue weighted by molar-refractivity contribution is 4.87. The first-order chi connectivity index (χ1) is 5.77. The maximum atomic E-state index is 5.21. The lowest BCUT2D eigenvalue weighted by Crippen LogP contribution is -2.08. The monoisotopic (exact) mass is 174 g/mol. The highest BCUT2D eigenvalue weighted by Gasteiger charge is 1.89. The summed E-state index contributed by atoms with van der Waals surface area (Å²) in [7, 11) is 1.65. The zero-order valence-electron chi connectivity index (χ0n) is 7.97. The van der Waals surface area contributed by atoms with Crippen molar-refractivity contribution in [3.05, 3.63) is 12.2 Å². The first-order valence-electron chi connectivity index (χ1n) is 4.06. The molecule has 0 aromatic carbocycles. The molecule has 0 heterocycles. The Labute approximate surface area is 74.3 Å². The maximum Gasteiger partial charge on any atom is 0.0704 e. The van der Waals surface area contributed by atoms with Crippen LogP contribution in [0.15, 0.2) is 12.2 Å². The summed E-state index contributed by atoms with van der Waals surface area (Å²) in [4.78, 5) is 0. The Kier molecular flexibility index (Phi) is 8.44. The van der Waals surface area contributed by atoms with Gasteiger partial charge in [-0.3, -0.25) is 0 Å².